The average molecular weight is 224 g/mol. The second kappa shape index (κ2) is 5.62. The minimum Gasteiger partial charge on any atom is -0.375 e. The van der Waals surface area contributed by atoms with Gasteiger partial charge in [0, 0.05) is 31.4 Å². The molecule has 16 heavy (non-hydrogen) atoms. The molecule has 2 heterocycles. The van der Waals surface area contributed by atoms with Gasteiger partial charge in [-0.3, -0.25) is 9.89 Å². The monoisotopic (exact) mass is 224 g/mol. The number of nitrogens with zero attached hydrogens (tertiary/aromatic N) is 1. The lowest BCUT2D eigenvalue weighted by molar-refractivity contribution is -0.124. The Bertz CT molecular complexity index is 320. The predicted octanol–water partition coefficient (Wildman–Crippen LogP) is -0.596. The van der Waals surface area contributed by atoms with Crippen LogP contribution in [-0.4, -0.2) is 41.9 Å². The van der Waals surface area contributed by atoms with Crippen molar-refractivity contribution in [3.63, 3.8) is 0 Å². The van der Waals surface area contributed by atoms with Gasteiger partial charge in [0.1, 0.15) is 0 Å². The van der Waals surface area contributed by atoms with Crippen LogP contribution in [0.4, 0.5) is 0 Å². The molecule has 6 nitrogen and oxygen atoms in total. The van der Waals surface area contributed by atoms with Gasteiger partial charge in [0.2, 0.25) is 5.91 Å². The van der Waals surface area contributed by atoms with Gasteiger partial charge in [0.15, 0.2) is 0 Å². The fourth-order valence-corrected chi connectivity index (χ4v) is 1.60. The van der Waals surface area contributed by atoms with E-state index >= 15 is 0 Å². The minimum atomic E-state index is -0.00176. The summed E-state index contributed by atoms with van der Waals surface area (Å²) in [4.78, 5) is 11.6. The molecule has 0 aromatic carbocycles. The molecular weight excluding hydrogens is 208 g/mol. The van der Waals surface area contributed by atoms with Crippen LogP contribution in [0.15, 0.2) is 12.4 Å². The van der Waals surface area contributed by atoms with Crippen molar-refractivity contribution >= 4 is 5.91 Å². The summed E-state index contributed by atoms with van der Waals surface area (Å²) in [5.41, 5.74) is 0.969. The first-order valence-electron chi connectivity index (χ1n) is 5.41. The Morgan fingerprint density at radius 1 is 1.69 bits per heavy atom. The summed E-state index contributed by atoms with van der Waals surface area (Å²) in [6, 6.07) is 0. The molecule has 0 spiro atoms. The number of rotatable bonds is 4. The Labute approximate surface area is 93.8 Å². The summed E-state index contributed by atoms with van der Waals surface area (Å²) in [5, 5.41) is 12.5. The maximum absolute atomic E-state index is 11.6. The van der Waals surface area contributed by atoms with Crippen molar-refractivity contribution in [3.05, 3.63) is 18.0 Å². The highest BCUT2D eigenvalue weighted by Gasteiger charge is 2.16. The predicted molar refractivity (Wildman–Crippen MR) is 57.7 cm³/mol. The van der Waals surface area contributed by atoms with Crippen LogP contribution in [0.5, 0.6) is 0 Å². The van der Waals surface area contributed by atoms with Crippen LogP contribution in [0.3, 0.4) is 0 Å². The van der Waals surface area contributed by atoms with Crippen molar-refractivity contribution in [2.45, 2.75) is 19.1 Å². The molecule has 6 heteroatoms. The zero-order chi connectivity index (χ0) is 11.2. The first-order valence-corrected chi connectivity index (χ1v) is 5.41. The van der Waals surface area contributed by atoms with Crippen LogP contribution in [0.1, 0.15) is 12.0 Å². The van der Waals surface area contributed by atoms with E-state index in [1.54, 1.807) is 12.4 Å². The quantitative estimate of drug-likeness (QED) is 0.638. The van der Waals surface area contributed by atoms with Gasteiger partial charge in [-0.25, -0.2) is 0 Å². The smallest absolute Gasteiger partial charge is 0.222 e. The highest BCUT2D eigenvalue weighted by atomic mass is 16.5. The Morgan fingerprint density at radius 3 is 3.31 bits per heavy atom. The molecule has 0 radical (unpaired) electrons. The van der Waals surface area contributed by atoms with Gasteiger partial charge in [-0.1, -0.05) is 0 Å². The molecular formula is C10H16N4O2. The number of aromatic amines is 1. The van der Waals surface area contributed by atoms with Crippen molar-refractivity contribution in [2.75, 3.05) is 19.7 Å². The third kappa shape index (κ3) is 3.32. The highest BCUT2D eigenvalue weighted by Crippen LogP contribution is 2.01. The van der Waals surface area contributed by atoms with Crippen molar-refractivity contribution < 1.29 is 9.53 Å². The minimum absolute atomic E-state index is 0.00176. The van der Waals surface area contributed by atoms with E-state index < -0.39 is 0 Å². The summed E-state index contributed by atoms with van der Waals surface area (Å²) in [6.45, 7) is 2.81. The van der Waals surface area contributed by atoms with Crippen molar-refractivity contribution in [3.8, 4) is 0 Å². The van der Waals surface area contributed by atoms with Crippen LogP contribution in [-0.2, 0) is 16.1 Å². The Balaban J connectivity index is 1.67. The van der Waals surface area contributed by atoms with E-state index in [2.05, 4.69) is 20.8 Å². The summed E-state index contributed by atoms with van der Waals surface area (Å²) >= 11 is 0. The SMILES string of the molecule is O=C(CC1CNCCO1)NCc1cn[nH]c1. The zero-order valence-corrected chi connectivity index (χ0v) is 9.03. The maximum Gasteiger partial charge on any atom is 0.222 e. The fourth-order valence-electron chi connectivity index (χ4n) is 1.60. The maximum atomic E-state index is 11.6. The standard InChI is InChI=1S/C10H16N4O2/c15-10(3-9-7-11-1-2-16-9)12-4-8-5-13-14-6-8/h5-6,9,11H,1-4,7H2,(H,12,15)(H,13,14). The van der Waals surface area contributed by atoms with E-state index in [1.165, 1.54) is 0 Å². The zero-order valence-electron chi connectivity index (χ0n) is 9.03. The molecule has 88 valence electrons. The summed E-state index contributed by atoms with van der Waals surface area (Å²) < 4.78 is 5.44. The van der Waals surface area contributed by atoms with Crippen LogP contribution >= 0.6 is 0 Å². The lowest BCUT2D eigenvalue weighted by atomic mass is 10.2. The first kappa shape index (κ1) is 11.1. The van der Waals surface area contributed by atoms with Crippen LogP contribution in [0.2, 0.25) is 0 Å². The average Bonchev–Trinajstić information content (AvgIpc) is 2.81. The van der Waals surface area contributed by atoms with Crippen molar-refractivity contribution in [2.24, 2.45) is 0 Å². The molecule has 1 atom stereocenters. The van der Waals surface area contributed by atoms with Crippen LogP contribution in [0.25, 0.3) is 0 Å². The van der Waals surface area contributed by atoms with E-state index in [0.717, 1.165) is 18.7 Å². The molecule has 1 aliphatic heterocycles. The summed E-state index contributed by atoms with van der Waals surface area (Å²) in [6.07, 6.45) is 3.86. The number of ether oxygens (including phenoxy) is 1. The molecule has 1 aromatic rings. The van der Waals surface area contributed by atoms with Gasteiger partial charge < -0.3 is 15.4 Å². The van der Waals surface area contributed by atoms with Crippen LogP contribution in [0, 0.1) is 0 Å². The van der Waals surface area contributed by atoms with Crippen molar-refractivity contribution in [1.29, 1.82) is 0 Å². The molecule has 1 unspecified atom stereocenters. The number of morpholine rings is 1. The molecule has 3 N–H and O–H groups in total. The molecule has 1 saturated heterocycles. The second-order valence-electron chi connectivity index (χ2n) is 3.78. The third-order valence-corrected chi connectivity index (χ3v) is 2.46. The lowest BCUT2D eigenvalue weighted by Crippen LogP contribution is -2.41. The number of nitrogens with one attached hydrogen (secondary N) is 3. The molecule has 1 aromatic heterocycles. The summed E-state index contributed by atoms with van der Waals surface area (Å²) in [5.74, 6) is 0.00917. The number of carbonyl (C=O) groups excluding carboxylic acids is 1. The molecule has 1 aliphatic rings. The molecule has 0 aliphatic carbocycles. The summed E-state index contributed by atoms with van der Waals surface area (Å²) in [7, 11) is 0. The van der Waals surface area contributed by atoms with Gasteiger partial charge in [0.05, 0.1) is 25.3 Å². The second-order valence-corrected chi connectivity index (χ2v) is 3.78. The Kier molecular flexibility index (Phi) is 3.90. The van der Waals surface area contributed by atoms with E-state index in [-0.39, 0.29) is 12.0 Å². The topological polar surface area (TPSA) is 79.0 Å². The molecule has 2 rings (SSSR count). The number of hydrogen-bond donors (Lipinski definition) is 3. The molecule has 1 fully saturated rings. The van der Waals surface area contributed by atoms with E-state index in [9.17, 15) is 4.79 Å². The lowest BCUT2D eigenvalue weighted by Gasteiger charge is -2.22. The van der Waals surface area contributed by atoms with E-state index in [4.69, 9.17) is 4.74 Å². The number of carbonyl (C=O) groups is 1. The third-order valence-electron chi connectivity index (χ3n) is 2.46. The number of amides is 1. The van der Waals surface area contributed by atoms with Gasteiger partial charge in [0.25, 0.3) is 0 Å². The molecule has 1 amide bonds. The van der Waals surface area contributed by atoms with E-state index in [1.807, 2.05) is 0 Å². The van der Waals surface area contributed by atoms with Crippen LogP contribution < -0.4 is 10.6 Å². The van der Waals surface area contributed by atoms with Gasteiger partial charge >= 0.3 is 0 Å². The number of H-pyrrole nitrogens is 1. The highest BCUT2D eigenvalue weighted by molar-refractivity contribution is 5.76. The van der Waals surface area contributed by atoms with E-state index in [0.29, 0.717) is 19.6 Å². The van der Waals surface area contributed by atoms with Gasteiger partial charge in [-0.15, -0.1) is 0 Å². The number of hydrogen-bond acceptors (Lipinski definition) is 4. The Hall–Kier alpha value is -1.40. The molecule has 0 saturated carbocycles. The largest absolute Gasteiger partial charge is 0.375 e. The van der Waals surface area contributed by atoms with Gasteiger partial charge in [-0.05, 0) is 0 Å². The molecule has 0 bridgehead atoms. The Morgan fingerprint density at radius 2 is 2.62 bits per heavy atom. The van der Waals surface area contributed by atoms with Crippen molar-refractivity contribution in [1.82, 2.24) is 20.8 Å². The number of aromatic nitrogens is 2. The normalized spacial score (nSPS) is 20.6. The fraction of sp³-hybridized carbons (Fsp3) is 0.600. The first-order chi connectivity index (χ1) is 7.84. The van der Waals surface area contributed by atoms with Gasteiger partial charge in [-0.2, -0.15) is 5.10 Å².